The van der Waals surface area contributed by atoms with Gasteiger partial charge in [0.2, 0.25) is 0 Å². The molecule has 2 N–H and O–H groups in total. The molecule has 152 valence electrons. The average Bonchev–Trinajstić information content (AvgIpc) is 3.26. The average molecular weight is 414 g/mol. The van der Waals surface area contributed by atoms with Gasteiger partial charge in [-0.3, -0.25) is 4.79 Å². The van der Waals surface area contributed by atoms with Crippen molar-refractivity contribution in [2.45, 2.75) is 27.2 Å². The molecule has 1 aromatic carbocycles. The maximum atomic E-state index is 12.4. The van der Waals surface area contributed by atoms with Gasteiger partial charge in [0.1, 0.15) is 5.00 Å². The van der Waals surface area contributed by atoms with Gasteiger partial charge in [0.05, 0.1) is 17.7 Å². The van der Waals surface area contributed by atoms with Crippen molar-refractivity contribution in [3.63, 3.8) is 0 Å². The van der Waals surface area contributed by atoms with Crippen molar-refractivity contribution < 1.29 is 23.9 Å². The van der Waals surface area contributed by atoms with E-state index in [2.05, 4.69) is 10.3 Å². The summed E-state index contributed by atoms with van der Waals surface area (Å²) >= 11 is 1.30. The van der Waals surface area contributed by atoms with Crippen LogP contribution in [0.4, 0.5) is 5.00 Å². The molecule has 3 aromatic rings. The molecule has 0 radical (unpaired) electrons. The lowest BCUT2D eigenvalue weighted by Crippen LogP contribution is -2.21. The molecule has 0 spiro atoms. The van der Waals surface area contributed by atoms with E-state index in [1.54, 1.807) is 19.2 Å². The number of benzene rings is 1. The van der Waals surface area contributed by atoms with E-state index < -0.39 is 24.5 Å². The first-order valence-electron chi connectivity index (χ1n) is 9.28. The zero-order chi connectivity index (χ0) is 21.0. The first kappa shape index (κ1) is 20.6. The third kappa shape index (κ3) is 4.32. The minimum atomic E-state index is -0.597. The Morgan fingerprint density at radius 2 is 1.86 bits per heavy atom. The number of rotatable bonds is 7. The van der Waals surface area contributed by atoms with Crippen molar-refractivity contribution in [3.8, 4) is 0 Å². The molecule has 2 heterocycles. The van der Waals surface area contributed by atoms with Crippen molar-refractivity contribution in [2.24, 2.45) is 0 Å². The Bertz CT molecular complexity index is 1070. The summed E-state index contributed by atoms with van der Waals surface area (Å²) in [6, 6.07) is 7.33. The van der Waals surface area contributed by atoms with Gasteiger partial charge in [-0.15, -0.1) is 11.3 Å². The summed E-state index contributed by atoms with van der Waals surface area (Å²) in [5.41, 5.74) is 2.39. The van der Waals surface area contributed by atoms with E-state index in [0.717, 1.165) is 21.3 Å². The molecule has 0 aliphatic carbocycles. The molecule has 2 aromatic heterocycles. The van der Waals surface area contributed by atoms with E-state index in [4.69, 9.17) is 9.47 Å². The minimum Gasteiger partial charge on any atom is -0.462 e. The van der Waals surface area contributed by atoms with E-state index in [1.165, 1.54) is 11.3 Å². The van der Waals surface area contributed by atoms with Crippen molar-refractivity contribution in [1.29, 1.82) is 0 Å². The molecule has 7 nitrogen and oxygen atoms in total. The van der Waals surface area contributed by atoms with Gasteiger partial charge in [0.15, 0.2) is 6.61 Å². The fourth-order valence-electron chi connectivity index (χ4n) is 3.12. The number of hydrogen-bond acceptors (Lipinski definition) is 6. The number of ether oxygens (including phenoxy) is 2. The molecule has 0 saturated heterocycles. The number of amides is 1. The number of aromatic amines is 1. The van der Waals surface area contributed by atoms with Gasteiger partial charge in [-0.2, -0.15) is 0 Å². The van der Waals surface area contributed by atoms with Gasteiger partial charge in [0, 0.05) is 22.0 Å². The second kappa shape index (κ2) is 8.91. The lowest BCUT2D eigenvalue weighted by molar-refractivity contribution is -0.119. The summed E-state index contributed by atoms with van der Waals surface area (Å²) in [6.07, 6.45) is 2.20. The highest BCUT2D eigenvalue weighted by molar-refractivity contribution is 7.16. The SMILES string of the molecule is CCOC(=O)c1c(NC(=O)COC(=O)c2c[nH]c3ccccc23)sc(C)c1CC. The normalized spacial score (nSPS) is 10.7. The van der Waals surface area contributed by atoms with Gasteiger partial charge in [-0.1, -0.05) is 25.1 Å². The Hall–Kier alpha value is -3.13. The minimum absolute atomic E-state index is 0.243. The van der Waals surface area contributed by atoms with Crippen molar-refractivity contribution >= 4 is 45.1 Å². The summed E-state index contributed by atoms with van der Waals surface area (Å²) < 4.78 is 10.3. The van der Waals surface area contributed by atoms with Gasteiger partial charge < -0.3 is 19.8 Å². The molecule has 0 bridgehead atoms. The molecule has 0 aliphatic heterocycles. The summed E-state index contributed by atoms with van der Waals surface area (Å²) in [5, 5.41) is 3.81. The molecule has 0 unspecified atom stereocenters. The maximum absolute atomic E-state index is 12.4. The molecule has 8 heteroatoms. The van der Waals surface area contributed by atoms with Crippen LogP contribution in [0.3, 0.4) is 0 Å². The van der Waals surface area contributed by atoms with E-state index in [1.807, 2.05) is 32.0 Å². The molecular weight excluding hydrogens is 392 g/mol. The smallest absolute Gasteiger partial charge is 0.341 e. The number of nitrogens with one attached hydrogen (secondary N) is 2. The Balaban J connectivity index is 1.69. The van der Waals surface area contributed by atoms with Gasteiger partial charge in [-0.25, -0.2) is 9.59 Å². The highest BCUT2D eigenvalue weighted by atomic mass is 32.1. The van der Waals surface area contributed by atoms with Gasteiger partial charge >= 0.3 is 11.9 Å². The first-order valence-corrected chi connectivity index (χ1v) is 10.1. The summed E-state index contributed by atoms with van der Waals surface area (Å²) in [6.45, 7) is 5.34. The maximum Gasteiger partial charge on any atom is 0.341 e. The lowest BCUT2D eigenvalue weighted by Gasteiger charge is -2.08. The number of para-hydroxylation sites is 1. The third-order valence-corrected chi connectivity index (χ3v) is 5.50. The fourth-order valence-corrected chi connectivity index (χ4v) is 4.27. The molecule has 0 saturated carbocycles. The molecule has 0 fully saturated rings. The summed E-state index contributed by atoms with van der Waals surface area (Å²) in [4.78, 5) is 41.0. The lowest BCUT2D eigenvalue weighted by atomic mass is 10.1. The number of esters is 2. The zero-order valence-corrected chi connectivity index (χ0v) is 17.3. The van der Waals surface area contributed by atoms with Crippen LogP contribution in [-0.4, -0.2) is 36.0 Å². The number of hydrogen-bond donors (Lipinski definition) is 2. The Kier molecular flexibility index (Phi) is 6.33. The predicted molar refractivity (Wildman–Crippen MR) is 112 cm³/mol. The molecule has 3 rings (SSSR count). The third-order valence-electron chi connectivity index (χ3n) is 4.44. The summed E-state index contributed by atoms with van der Waals surface area (Å²) in [7, 11) is 0. The quantitative estimate of drug-likeness (QED) is 0.568. The number of fused-ring (bicyclic) bond motifs is 1. The molecule has 0 aliphatic rings. The summed E-state index contributed by atoms with van der Waals surface area (Å²) in [5.74, 6) is -1.59. The Morgan fingerprint density at radius 1 is 1.10 bits per heavy atom. The number of aromatic nitrogens is 1. The van der Waals surface area contributed by atoms with E-state index in [9.17, 15) is 14.4 Å². The Morgan fingerprint density at radius 3 is 2.59 bits per heavy atom. The highest BCUT2D eigenvalue weighted by Gasteiger charge is 2.24. The first-order chi connectivity index (χ1) is 14.0. The van der Waals surface area contributed by atoms with Crippen LogP contribution in [0.25, 0.3) is 10.9 Å². The molecule has 0 atom stereocenters. The van der Waals surface area contributed by atoms with Crippen LogP contribution < -0.4 is 5.32 Å². The largest absolute Gasteiger partial charge is 0.462 e. The zero-order valence-electron chi connectivity index (χ0n) is 16.5. The Labute approximate surface area is 172 Å². The van der Waals surface area contributed by atoms with Crippen molar-refractivity contribution in [2.75, 3.05) is 18.5 Å². The monoisotopic (exact) mass is 414 g/mol. The number of carbonyl (C=O) groups is 3. The van der Waals surface area contributed by atoms with Crippen LogP contribution in [0, 0.1) is 6.92 Å². The highest BCUT2D eigenvalue weighted by Crippen LogP contribution is 2.34. The van der Waals surface area contributed by atoms with Crippen LogP contribution in [0.15, 0.2) is 30.5 Å². The molecule has 29 heavy (non-hydrogen) atoms. The van der Waals surface area contributed by atoms with Crippen LogP contribution in [-0.2, 0) is 20.7 Å². The number of carbonyl (C=O) groups excluding carboxylic acids is 3. The fraction of sp³-hybridized carbons (Fsp3) is 0.286. The number of aryl methyl sites for hydroxylation is 1. The van der Waals surface area contributed by atoms with Crippen molar-refractivity contribution in [1.82, 2.24) is 4.98 Å². The van der Waals surface area contributed by atoms with Gasteiger partial charge in [-0.05, 0) is 31.9 Å². The predicted octanol–water partition coefficient (Wildman–Crippen LogP) is 4.07. The topological polar surface area (TPSA) is 97.5 Å². The van der Waals surface area contributed by atoms with E-state index in [0.29, 0.717) is 22.5 Å². The van der Waals surface area contributed by atoms with Crippen LogP contribution >= 0.6 is 11.3 Å². The van der Waals surface area contributed by atoms with Crippen LogP contribution in [0.2, 0.25) is 0 Å². The number of thiophene rings is 1. The van der Waals surface area contributed by atoms with Crippen LogP contribution in [0.1, 0.15) is 45.0 Å². The molecular formula is C21H22N2O5S. The van der Waals surface area contributed by atoms with E-state index in [-0.39, 0.29) is 6.61 Å². The second-order valence-electron chi connectivity index (χ2n) is 6.29. The van der Waals surface area contributed by atoms with Crippen LogP contribution in [0.5, 0.6) is 0 Å². The second-order valence-corrected chi connectivity index (χ2v) is 7.51. The van der Waals surface area contributed by atoms with E-state index >= 15 is 0 Å². The standard InChI is InChI=1S/C21H22N2O5S/c1-4-13-12(3)29-19(18(13)21(26)27-5-2)23-17(24)11-28-20(25)15-10-22-16-9-7-6-8-14(15)16/h6-10,22H,4-5,11H2,1-3H3,(H,23,24). The molecule has 1 amide bonds. The number of anilines is 1. The van der Waals surface area contributed by atoms with Crippen molar-refractivity contribution in [3.05, 3.63) is 52.0 Å². The van der Waals surface area contributed by atoms with Gasteiger partial charge in [0.25, 0.3) is 5.91 Å². The number of H-pyrrole nitrogens is 1.